The van der Waals surface area contributed by atoms with E-state index >= 15 is 0 Å². The summed E-state index contributed by atoms with van der Waals surface area (Å²) in [5, 5.41) is 3.67. The van der Waals surface area contributed by atoms with E-state index in [0.717, 1.165) is 18.9 Å². The molecule has 1 aromatic rings. The van der Waals surface area contributed by atoms with Crippen molar-refractivity contribution in [3.8, 4) is 5.75 Å². The Morgan fingerprint density at radius 3 is 2.57 bits per heavy atom. The van der Waals surface area contributed by atoms with Crippen LogP contribution in [0.15, 0.2) is 24.3 Å². The molecule has 118 valence electrons. The summed E-state index contributed by atoms with van der Waals surface area (Å²) < 4.78 is 5.73. The molecule has 0 amide bonds. The average molecular weight is 290 g/mol. The minimum absolute atomic E-state index is 0.477. The Hall–Kier alpha value is -1.22. The summed E-state index contributed by atoms with van der Waals surface area (Å²) in [7, 11) is 4.12. The second-order valence-corrected chi connectivity index (χ2v) is 7.28. The Morgan fingerprint density at radius 1 is 1.24 bits per heavy atom. The SMILES string of the molecule is CN(C)CCOc1ccc(NC2CCCC(C)(C)C2)cc1. The Morgan fingerprint density at radius 2 is 1.95 bits per heavy atom. The van der Waals surface area contributed by atoms with E-state index in [1.807, 2.05) is 0 Å². The van der Waals surface area contributed by atoms with Crippen LogP contribution in [0, 0.1) is 5.41 Å². The van der Waals surface area contributed by atoms with Gasteiger partial charge in [0, 0.05) is 18.3 Å². The van der Waals surface area contributed by atoms with Gasteiger partial charge < -0.3 is 15.0 Å². The molecule has 1 fully saturated rings. The Kier molecular flexibility index (Phi) is 5.51. The predicted molar refractivity (Wildman–Crippen MR) is 90.2 cm³/mol. The van der Waals surface area contributed by atoms with Gasteiger partial charge in [-0.1, -0.05) is 20.3 Å². The highest BCUT2D eigenvalue weighted by Gasteiger charge is 2.27. The summed E-state index contributed by atoms with van der Waals surface area (Å²) in [6.45, 7) is 6.43. The molecule has 1 atom stereocenters. The van der Waals surface area contributed by atoms with Crippen molar-refractivity contribution in [3.05, 3.63) is 24.3 Å². The van der Waals surface area contributed by atoms with Gasteiger partial charge in [-0.2, -0.15) is 0 Å². The number of nitrogens with zero attached hydrogens (tertiary/aromatic N) is 1. The first kappa shape index (κ1) is 16.2. The van der Waals surface area contributed by atoms with Gasteiger partial charge in [0.05, 0.1) is 0 Å². The maximum Gasteiger partial charge on any atom is 0.119 e. The van der Waals surface area contributed by atoms with Crippen molar-refractivity contribution >= 4 is 5.69 Å². The lowest BCUT2D eigenvalue weighted by molar-refractivity contribution is 0.229. The van der Waals surface area contributed by atoms with Crippen LogP contribution in [0.2, 0.25) is 0 Å². The molecule has 0 radical (unpaired) electrons. The molecule has 1 unspecified atom stereocenters. The van der Waals surface area contributed by atoms with Gasteiger partial charge in [0.25, 0.3) is 0 Å². The molecule has 21 heavy (non-hydrogen) atoms. The Labute approximate surface area is 129 Å². The van der Waals surface area contributed by atoms with Crippen molar-refractivity contribution in [2.75, 3.05) is 32.6 Å². The molecular formula is C18H30N2O. The predicted octanol–water partition coefficient (Wildman–Crippen LogP) is 4.01. The standard InChI is InChI=1S/C18H30N2O/c1-18(2)11-5-6-16(14-18)19-15-7-9-17(10-8-15)21-13-12-20(3)4/h7-10,16,19H,5-6,11-14H2,1-4H3. The highest BCUT2D eigenvalue weighted by atomic mass is 16.5. The minimum Gasteiger partial charge on any atom is -0.492 e. The molecule has 0 spiro atoms. The van der Waals surface area contributed by atoms with E-state index in [1.165, 1.54) is 31.4 Å². The van der Waals surface area contributed by atoms with Gasteiger partial charge in [0.15, 0.2) is 0 Å². The van der Waals surface area contributed by atoms with Gasteiger partial charge >= 0.3 is 0 Å². The van der Waals surface area contributed by atoms with E-state index in [2.05, 4.69) is 62.4 Å². The lowest BCUT2D eigenvalue weighted by atomic mass is 9.75. The molecule has 0 saturated heterocycles. The van der Waals surface area contributed by atoms with E-state index in [1.54, 1.807) is 0 Å². The molecule has 1 aliphatic carbocycles. The smallest absolute Gasteiger partial charge is 0.119 e. The zero-order chi connectivity index (χ0) is 15.3. The van der Waals surface area contributed by atoms with Gasteiger partial charge in [-0.25, -0.2) is 0 Å². The third kappa shape index (κ3) is 5.58. The fourth-order valence-corrected chi connectivity index (χ4v) is 3.05. The molecule has 3 heteroatoms. The van der Waals surface area contributed by atoms with Crippen LogP contribution in [-0.4, -0.2) is 38.2 Å². The summed E-state index contributed by atoms with van der Waals surface area (Å²) in [5.41, 5.74) is 1.68. The maximum atomic E-state index is 5.73. The zero-order valence-electron chi connectivity index (χ0n) is 14.0. The third-order valence-corrected chi connectivity index (χ3v) is 4.24. The van der Waals surface area contributed by atoms with Crippen LogP contribution < -0.4 is 10.1 Å². The fourth-order valence-electron chi connectivity index (χ4n) is 3.05. The number of anilines is 1. The number of likely N-dealkylation sites (N-methyl/N-ethyl adjacent to an activating group) is 1. The molecule has 1 aromatic carbocycles. The molecular weight excluding hydrogens is 260 g/mol. The van der Waals surface area contributed by atoms with Crippen LogP contribution >= 0.6 is 0 Å². The van der Waals surface area contributed by atoms with E-state index in [9.17, 15) is 0 Å². The van der Waals surface area contributed by atoms with Crippen LogP contribution in [-0.2, 0) is 0 Å². The van der Waals surface area contributed by atoms with Gasteiger partial charge in [0.2, 0.25) is 0 Å². The van der Waals surface area contributed by atoms with Crippen LogP contribution in [0.1, 0.15) is 39.5 Å². The van der Waals surface area contributed by atoms with Gasteiger partial charge in [0.1, 0.15) is 12.4 Å². The Bertz CT molecular complexity index is 425. The van der Waals surface area contributed by atoms with Crippen molar-refractivity contribution in [2.24, 2.45) is 5.41 Å². The fraction of sp³-hybridized carbons (Fsp3) is 0.667. The molecule has 0 bridgehead atoms. The lowest BCUT2D eigenvalue weighted by Gasteiger charge is -2.36. The zero-order valence-corrected chi connectivity index (χ0v) is 14.0. The summed E-state index contributed by atoms with van der Waals surface area (Å²) in [5.74, 6) is 0.950. The second kappa shape index (κ2) is 7.17. The van der Waals surface area contributed by atoms with E-state index in [4.69, 9.17) is 4.74 Å². The minimum atomic E-state index is 0.477. The van der Waals surface area contributed by atoms with Crippen molar-refractivity contribution in [1.29, 1.82) is 0 Å². The second-order valence-electron chi connectivity index (χ2n) is 7.28. The van der Waals surface area contributed by atoms with Gasteiger partial charge in [-0.15, -0.1) is 0 Å². The van der Waals surface area contributed by atoms with E-state index in [0.29, 0.717) is 11.5 Å². The molecule has 0 aromatic heterocycles. The quantitative estimate of drug-likeness (QED) is 0.857. The maximum absolute atomic E-state index is 5.73. The van der Waals surface area contributed by atoms with Crippen molar-refractivity contribution in [1.82, 2.24) is 4.90 Å². The molecule has 2 rings (SSSR count). The van der Waals surface area contributed by atoms with Crippen LogP contribution in [0.5, 0.6) is 5.75 Å². The molecule has 3 nitrogen and oxygen atoms in total. The van der Waals surface area contributed by atoms with Crippen molar-refractivity contribution < 1.29 is 4.74 Å². The van der Waals surface area contributed by atoms with Crippen LogP contribution in [0.4, 0.5) is 5.69 Å². The van der Waals surface area contributed by atoms with Crippen LogP contribution in [0.3, 0.4) is 0 Å². The number of ether oxygens (including phenoxy) is 1. The molecule has 1 N–H and O–H groups in total. The monoisotopic (exact) mass is 290 g/mol. The molecule has 0 aliphatic heterocycles. The van der Waals surface area contributed by atoms with Gasteiger partial charge in [-0.3, -0.25) is 0 Å². The summed E-state index contributed by atoms with van der Waals surface area (Å²) in [6, 6.07) is 8.99. The molecule has 1 aliphatic rings. The molecule has 1 saturated carbocycles. The van der Waals surface area contributed by atoms with Gasteiger partial charge in [-0.05, 0) is 63.0 Å². The number of hydrogen-bond acceptors (Lipinski definition) is 3. The third-order valence-electron chi connectivity index (χ3n) is 4.24. The topological polar surface area (TPSA) is 24.5 Å². The van der Waals surface area contributed by atoms with E-state index in [-0.39, 0.29) is 0 Å². The average Bonchev–Trinajstić information content (AvgIpc) is 2.39. The Balaban J connectivity index is 1.82. The number of hydrogen-bond donors (Lipinski definition) is 1. The summed E-state index contributed by atoms with van der Waals surface area (Å²) in [6.07, 6.45) is 5.22. The largest absolute Gasteiger partial charge is 0.492 e. The lowest BCUT2D eigenvalue weighted by Crippen LogP contribution is -2.31. The first-order valence-electron chi connectivity index (χ1n) is 8.09. The summed E-state index contributed by atoms with van der Waals surface area (Å²) in [4.78, 5) is 2.13. The normalized spacial score (nSPS) is 21.3. The number of rotatable bonds is 6. The summed E-state index contributed by atoms with van der Waals surface area (Å²) >= 11 is 0. The number of nitrogens with one attached hydrogen (secondary N) is 1. The first-order chi connectivity index (χ1) is 9.94. The van der Waals surface area contributed by atoms with Crippen LogP contribution in [0.25, 0.3) is 0 Å². The number of benzene rings is 1. The highest BCUT2D eigenvalue weighted by molar-refractivity contribution is 5.47. The highest BCUT2D eigenvalue weighted by Crippen LogP contribution is 2.36. The molecule has 0 heterocycles. The van der Waals surface area contributed by atoms with E-state index < -0.39 is 0 Å². The van der Waals surface area contributed by atoms with Crippen molar-refractivity contribution in [2.45, 2.75) is 45.6 Å². The van der Waals surface area contributed by atoms with Crippen molar-refractivity contribution in [3.63, 3.8) is 0 Å². The first-order valence-corrected chi connectivity index (χ1v) is 8.09.